The number of carboxylic acids is 1. The zero-order valence-corrected chi connectivity index (χ0v) is 12.2. The molecular weight excluding hydrogens is 276 g/mol. The Morgan fingerprint density at radius 2 is 2.10 bits per heavy atom. The molecule has 1 rings (SSSR count). The molecule has 1 aliphatic carbocycles. The van der Waals surface area contributed by atoms with Crippen LogP contribution in [0.15, 0.2) is 23.8 Å². The van der Waals surface area contributed by atoms with Crippen LogP contribution in [0.25, 0.3) is 0 Å². The second kappa shape index (κ2) is 6.51. The Morgan fingerprint density at radius 3 is 2.57 bits per heavy atom. The second-order valence-corrected chi connectivity index (χ2v) is 5.85. The zero-order valence-electron chi connectivity index (χ0n) is 12.2. The second-order valence-electron chi connectivity index (χ2n) is 5.85. The minimum Gasteiger partial charge on any atom is -0.478 e. The smallest absolute Gasteiger partial charge is 0.333 e. The molecule has 6 heteroatoms. The fraction of sp³-hybridized carbons (Fsp3) is 0.600. The van der Waals surface area contributed by atoms with E-state index in [-0.39, 0.29) is 24.5 Å². The number of carbonyl (C=O) groups excluding carboxylic acids is 1. The van der Waals surface area contributed by atoms with Crippen molar-refractivity contribution in [1.82, 2.24) is 0 Å². The summed E-state index contributed by atoms with van der Waals surface area (Å²) in [6.07, 6.45) is -0.975. The van der Waals surface area contributed by atoms with Crippen molar-refractivity contribution in [2.24, 2.45) is 5.92 Å². The quantitative estimate of drug-likeness (QED) is 0.528. The summed E-state index contributed by atoms with van der Waals surface area (Å²) in [6, 6.07) is 0. The molecule has 0 amide bonds. The molecule has 0 heterocycles. The Morgan fingerprint density at radius 1 is 1.52 bits per heavy atom. The van der Waals surface area contributed by atoms with Crippen LogP contribution in [0.3, 0.4) is 0 Å². The molecule has 4 atom stereocenters. The topological polar surface area (TPSA) is 115 Å². The number of hydrogen-bond acceptors (Lipinski definition) is 5. The number of Topliss-reactive ketones (excluding diaryl/α,β-unsaturated/α-hetero) is 1. The highest BCUT2D eigenvalue weighted by atomic mass is 16.4. The Kier molecular flexibility index (Phi) is 5.44. The van der Waals surface area contributed by atoms with Crippen LogP contribution < -0.4 is 0 Å². The predicted molar refractivity (Wildman–Crippen MR) is 75.5 cm³/mol. The minimum atomic E-state index is -1.66. The number of aliphatic carboxylic acids is 1. The van der Waals surface area contributed by atoms with Crippen LogP contribution in [0.1, 0.15) is 33.1 Å². The van der Waals surface area contributed by atoms with Crippen LogP contribution in [0.4, 0.5) is 0 Å². The molecule has 4 unspecified atom stereocenters. The van der Waals surface area contributed by atoms with Gasteiger partial charge in [-0.2, -0.15) is 0 Å². The van der Waals surface area contributed by atoms with Gasteiger partial charge in [0.1, 0.15) is 6.10 Å². The van der Waals surface area contributed by atoms with E-state index in [1.807, 2.05) is 0 Å². The average Bonchev–Trinajstić information content (AvgIpc) is 2.39. The van der Waals surface area contributed by atoms with Crippen molar-refractivity contribution < 1.29 is 30.0 Å². The first-order valence-electron chi connectivity index (χ1n) is 6.76. The molecular formula is C15H22O6. The van der Waals surface area contributed by atoms with E-state index in [0.29, 0.717) is 12.0 Å². The van der Waals surface area contributed by atoms with Crippen molar-refractivity contribution in [1.29, 1.82) is 0 Å². The van der Waals surface area contributed by atoms with E-state index in [0.717, 1.165) is 0 Å². The maximum absolute atomic E-state index is 11.7. The van der Waals surface area contributed by atoms with E-state index in [2.05, 4.69) is 6.58 Å². The number of carbonyl (C=O) groups is 2. The number of allylic oxidation sites excluding steroid dienone is 2. The Bertz CT molecular complexity index is 477. The van der Waals surface area contributed by atoms with Crippen molar-refractivity contribution in [2.75, 3.05) is 0 Å². The minimum absolute atomic E-state index is 0.0588. The molecule has 6 nitrogen and oxygen atoms in total. The van der Waals surface area contributed by atoms with Crippen molar-refractivity contribution >= 4 is 11.8 Å². The highest BCUT2D eigenvalue weighted by molar-refractivity contribution is 5.95. The SMILES string of the molecule is C=C(C(=O)O)C(O)C(O)CC(C)(O)C1CC=C(C)C(=O)C1. The van der Waals surface area contributed by atoms with Crippen molar-refractivity contribution in [3.05, 3.63) is 23.8 Å². The molecule has 21 heavy (non-hydrogen) atoms. The molecule has 1 aliphatic rings. The van der Waals surface area contributed by atoms with Gasteiger partial charge in [-0.15, -0.1) is 0 Å². The molecule has 0 fully saturated rings. The van der Waals surface area contributed by atoms with Gasteiger partial charge >= 0.3 is 5.97 Å². The van der Waals surface area contributed by atoms with Gasteiger partial charge in [0.05, 0.1) is 17.3 Å². The fourth-order valence-electron chi connectivity index (χ4n) is 2.44. The summed E-state index contributed by atoms with van der Waals surface area (Å²) in [6.45, 7) is 6.37. The van der Waals surface area contributed by atoms with Crippen LogP contribution >= 0.6 is 0 Å². The molecule has 0 aliphatic heterocycles. The lowest BCUT2D eigenvalue weighted by molar-refractivity contribution is -0.135. The number of rotatable bonds is 6. The summed E-state index contributed by atoms with van der Waals surface area (Å²) >= 11 is 0. The summed E-state index contributed by atoms with van der Waals surface area (Å²) in [4.78, 5) is 22.4. The molecule has 0 aromatic rings. The summed E-state index contributed by atoms with van der Waals surface area (Å²) < 4.78 is 0. The van der Waals surface area contributed by atoms with Gasteiger partial charge in [-0.3, -0.25) is 4.79 Å². The van der Waals surface area contributed by atoms with E-state index >= 15 is 0 Å². The average molecular weight is 298 g/mol. The van der Waals surface area contributed by atoms with Gasteiger partial charge in [-0.05, 0) is 31.8 Å². The van der Waals surface area contributed by atoms with E-state index in [1.165, 1.54) is 6.92 Å². The summed E-state index contributed by atoms with van der Waals surface area (Å²) in [5, 5.41) is 38.8. The molecule has 118 valence electrons. The Hall–Kier alpha value is -1.50. The number of aliphatic hydroxyl groups excluding tert-OH is 2. The van der Waals surface area contributed by atoms with Gasteiger partial charge in [0.15, 0.2) is 5.78 Å². The normalized spacial score (nSPS) is 24.7. The van der Waals surface area contributed by atoms with Gasteiger partial charge in [0.25, 0.3) is 0 Å². The zero-order chi connectivity index (χ0) is 16.4. The number of ketones is 1. The maximum Gasteiger partial charge on any atom is 0.333 e. The number of hydrogen-bond donors (Lipinski definition) is 4. The first-order valence-corrected chi connectivity index (χ1v) is 6.76. The standard InChI is InChI=1S/C15H22O6/c1-8-4-5-10(6-11(8)16)15(3,21)7-12(17)13(18)9(2)14(19)20/h4,10,12-13,17-18,21H,2,5-7H2,1,3H3,(H,19,20). The van der Waals surface area contributed by atoms with Crippen LogP contribution in [-0.2, 0) is 9.59 Å². The predicted octanol–water partition coefficient (Wildman–Crippen LogP) is 0.415. The molecule has 0 aromatic carbocycles. The number of carboxylic acid groups (broad SMARTS) is 1. The lowest BCUT2D eigenvalue weighted by Gasteiger charge is -2.36. The lowest BCUT2D eigenvalue weighted by atomic mass is 9.75. The summed E-state index contributed by atoms with van der Waals surface area (Å²) in [5.41, 5.74) is -1.28. The molecule has 0 saturated carbocycles. The largest absolute Gasteiger partial charge is 0.478 e. The van der Waals surface area contributed by atoms with Crippen molar-refractivity contribution in [3.8, 4) is 0 Å². The van der Waals surface area contributed by atoms with E-state index in [4.69, 9.17) is 5.11 Å². The van der Waals surface area contributed by atoms with Gasteiger partial charge in [0.2, 0.25) is 0 Å². The van der Waals surface area contributed by atoms with Crippen molar-refractivity contribution in [2.45, 2.75) is 50.9 Å². The molecule has 0 bridgehead atoms. The third-order valence-electron chi connectivity index (χ3n) is 4.08. The van der Waals surface area contributed by atoms with Gasteiger partial charge in [-0.1, -0.05) is 12.7 Å². The molecule has 0 aromatic heterocycles. The summed E-state index contributed by atoms with van der Waals surface area (Å²) in [5.74, 6) is -1.85. The highest BCUT2D eigenvalue weighted by Crippen LogP contribution is 2.34. The molecule has 0 radical (unpaired) electrons. The van der Waals surface area contributed by atoms with Gasteiger partial charge < -0.3 is 20.4 Å². The van der Waals surface area contributed by atoms with E-state index in [9.17, 15) is 24.9 Å². The third-order valence-corrected chi connectivity index (χ3v) is 4.08. The van der Waals surface area contributed by atoms with Crippen LogP contribution in [0.5, 0.6) is 0 Å². The molecule has 0 saturated heterocycles. The lowest BCUT2D eigenvalue weighted by Crippen LogP contribution is -2.44. The Labute approximate surface area is 123 Å². The van der Waals surface area contributed by atoms with Crippen LogP contribution in [-0.4, -0.2) is 50.0 Å². The third kappa shape index (κ3) is 4.23. The highest BCUT2D eigenvalue weighted by Gasteiger charge is 2.39. The fourth-order valence-corrected chi connectivity index (χ4v) is 2.44. The first kappa shape index (κ1) is 17.6. The van der Waals surface area contributed by atoms with E-state index in [1.54, 1.807) is 13.0 Å². The van der Waals surface area contributed by atoms with E-state index < -0.39 is 29.4 Å². The van der Waals surface area contributed by atoms with Crippen LogP contribution in [0, 0.1) is 5.92 Å². The van der Waals surface area contributed by atoms with Crippen LogP contribution in [0.2, 0.25) is 0 Å². The molecule has 0 spiro atoms. The number of aliphatic hydroxyl groups is 3. The maximum atomic E-state index is 11.7. The summed E-state index contributed by atoms with van der Waals surface area (Å²) in [7, 11) is 0. The Balaban J connectivity index is 2.74. The van der Waals surface area contributed by atoms with Gasteiger partial charge in [0, 0.05) is 12.8 Å². The monoisotopic (exact) mass is 298 g/mol. The first-order chi connectivity index (χ1) is 9.56. The van der Waals surface area contributed by atoms with Crippen molar-refractivity contribution in [3.63, 3.8) is 0 Å². The molecule has 4 N–H and O–H groups in total. The van der Waals surface area contributed by atoms with Gasteiger partial charge in [-0.25, -0.2) is 4.79 Å².